The summed E-state index contributed by atoms with van der Waals surface area (Å²) in [4.78, 5) is 24.1. The molecular formula is C16H20N2O7. The lowest BCUT2D eigenvalue weighted by Crippen LogP contribution is -2.48. The minimum atomic E-state index is -0.796. The third-order valence-electron chi connectivity index (χ3n) is 3.97. The van der Waals surface area contributed by atoms with Crippen LogP contribution in [0.5, 0.6) is 11.5 Å². The van der Waals surface area contributed by atoms with E-state index in [-0.39, 0.29) is 26.6 Å². The van der Waals surface area contributed by atoms with Gasteiger partial charge in [-0.2, -0.15) is 0 Å². The molecule has 1 fully saturated rings. The maximum Gasteiger partial charge on any atom is 0.313 e. The molecule has 0 saturated carbocycles. The number of nitrogens with one attached hydrogen (secondary N) is 2. The molecule has 0 bridgehead atoms. The molecule has 0 radical (unpaired) electrons. The summed E-state index contributed by atoms with van der Waals surface area (Å²) in [6.45, 7) is 1.08. The smallest absolute Gasteiger partial charge is 0.313 e. The number of fused-ring (bicyclic) bond motifs is 1. The predicted octanol–water partition coefficient (Wildman–Crippen LogP) is -0.362. The van der Waals surface area contributed by atoms with E-state index in [1.807, 2.05) is 0 Å². The zero-order chi connectivity index (χ0) is 17.7. The fourth-order valence-electron chi connectivity index (χ4n) is 2.64. The van der Waals surface area contributed by atoms with Gasteiger partial charge in [-0.15, -0.1) is 0 Å². The van der Waals surface area contributed by atoms with Crippen LogP contribution in [0.1, 0.15) is 6.42 Å². The molecule has 1 aromatic rings. The first-order chi connectivity index (χ1) is 12.1. The third kappa shape index (κ3) is 4.19. The molecule has 9 heteroatoms. The van der Waals surface area contributed by atoms with E-state index in [1.54, 1.807) is 18.2 Å². The number of carbonyl (C=O) groups is 2. The number of aliphatic hydroxyl groups excluding tert-OH is 1. The lowest BCUT2D eigenvalue weighted by molar-refractivity contribution is -0.137. The highest BCUT2D eigenvalue weighted by molar-refractivity contribution is 6.39. The van der Waals surface area contributed by atoms with E-state index in [0.717, 1.165) is 0 Å². The fraction of sp³-hybridized carbons (Fsp3) is 0.500. The van der Waals surface area contributed by atoms with Crippen molar-refractivity contribution in [3.05, 3.63) is 18.2 Å². The first-order valence-corrected chi connectivity index (χ1v) is 7.93. The topological polar surface area (TPSA) is 115 Å². The number of benzene rings is 1. The van der Waals surface area contributed by atoms with Crippen LogP contribution in [0.4, 0.5) is 5.69 Å². The van der Waals surface area contributed by atoms with E-state index in [0.29, 0.717) is 36.8 Å². The van der Waals surface area contributed by atoms with Gasteiger partial charge in [0.1, 0.15) is 5.60 Å². The van der Waals surface area contributed by atoms with Gasteiger partial charge in [0.15, 0.2) is 11.5 Å². The first kappa shape index (κ1) is 17.5. The zero-order valence-electron chi connectivity index (χ0n) is 13.6. The Morgan fingerprint density at radius 2 is 2.08 bits per heavy atom. The van der Waals surface area contributed by atoms with Crippen molar-refractivity contribution in [2.24, 2.45) is 0 Å². The number of ether oxygens (including phenoxy) is 4. The van der Waals surface area contributed by atoms with Crippen LogP contribution in [0.15, 0.2) is 18.2 Å². The maximum absolute atomic E-state index is 12.0. The average molecular weight is 352 g/mol. The molecule has 1 unspecified atom stereocenters. The quantitative estimate of drug-likeness (QED) is 0.599. The van der Waals surface area contributed by atoms with Gasteiger partial charge in [-0.1, -0.05) is 0 Å². The van der Waals surface area contributed by atoms with E-state index in [2.05, 4.69) is 10.6 Å². The predicted molar refractivity (Wildman–Crippen MR) is 85.4 cm³/mol. The molecule has 9 nitrogen and oxygen atoms in total. The Labute approximate surface area is 144 Å². The Morgan fingerprint density at radius 3 is 2.84 bits per heavy atom. The number of amides is 2. The van der Waals surface area contributed by atoms with Gasteiger partial charge in [0.25, 0.3) is 0 Å². The van der Waals surface area contributed by atoms with Crippen LogP contribution in [0, 0.1) is 0 Å². The molecule has 2 aliphatic heterocycles. The molecule has 0 spiro atoms. The van der Waals surface area contributed by atoms with Gasteiger partial charge in [-0.3, -0.25) is 9.59 Å². The number of carbonyl (C=O) groups excluding carboxylic acids is 2. The maximum atomic E-state index is 12.0. The summed E-state index contributed by atoms with van der Waals surface area (Å²) < 4.78 is 21.3. The van der Waals surface area contributed by atoms with Crippen LogP contribution in [-0.2, 0) is 19.1 Å². The van der Waals surface area contributed by atoms with Crippen molar-refractivity contribution < 1.29 is 33.6 Å². The van der Waals surface area contributed by atoms with Gasteiger partial charge in [-0.25, -0.2) is 0 Å². The molecular weight excluding hydrogens is 332 g/mol. The summed E-state index contributed by atoms with van der Waals surface area (Å²) >= 11 is 0. The lowest BCUT2D eigenvalue weighted by Gasteiger charge is -2.27. The minimum Gasteiger partial charge on any atom is -0.454 e. The van der Waals surface area contributed by atoms with E-state index < -0.39 is 17.4 Å². The second-order valence-electron chi connectivity index (χ2n) is 5.76. The molecule has 2 amide bonds. The molecule has 1 aromatic carbocycles. The SMILES string of the molecule is O=C(NCC1(OCCO)CCOC1)C(=O)Nc1ccc2c(c1)OCO2. The number of hydrogen-bond acceptors (Lipinski definition) is 7. The molecule has 1 atom stereocenters. The molecule has 2 heterocycles. The molecule has 0 aromatic heterocycles. The first-order valence-electron chi connectivity index (χ1n) is 7.93. The van der Waals surface area contributed by atoms with Crippen molar-refractivity contribution >= 4 is 17.5 Å². The Hall–Kier alpha value is -2.36. The summed E-state index contributed by atoms with van der Waals surface area (Å²) in [6, 6.07) is 4.86. The third-order valence-corrected chi connectivity index (χ3v) is 3.97. The lowest BCUT2D eigenvalue weighted by atomic mass is 10.0. The standard InChI is InChI=1S/C16H20N2O7/c19-4-6-25-16(3-5-22-9-16)8-17-14(20)15(21)18-11-1-2-12-13(7-11)24-10-23-12/h1-2,7,19H,3-6,8-10H2,(H,17,20)(H,18,21). The van der Waals surface area contributed by atoms with Gasteiger partial charge in [-0.05, 0) is 12.1 Å². The summed E-state index contributed by atoms with van der Waals surface area (Å²) in [5, 5.41) is 14.0. The Balaban J connectivity index is 1.53. The van der Waals surface area contributed by atoms with Crippen LogP contribution in [0.25, 0.3) is 0 Å². The molecule has 136 valence electrons. The van der Waals surface area contributed by atoms with Crippen LogP contribution in [0.2, 0.25) is 0 Å². The molecule has 3 rings (SSSR count). The van der Waals surface area contributed by atoms with E-state index in [9.17, 15) is 9.59 Å². The monoisotopic (exact) mass is 352 g/mol. The molecule has 3 N–H and O–H groups in total. The van der Waals surface area contributed by atoms with Crippen molar-refractivity contribution in [1.29, 1.82) is 0 Å². The second kappa shape index (κ2) is 7.68. The van der Waals surface area contributed by atoms with Crippen LogP contribution in [-0.4, -0.2) is 62.3 Å². The largest absolute Gasteiger partial charge is 0.454 e. The molecule has 25 heavy (non-hydrogen) atoms. The van der Waals surface area contributed by atoms with Crippen molar-refractivity contribution in [2.75, 3.05) is 45.1 Å². The van der Waals surface area contributed by atoms with Gasteiger partial charge >= 0.3 is 11.8 Å². The van der Waals surface area contributed by atoms with Gasteiger partial charge < -0.3 is 34.7 Å². The molecule has 0 aliphatic carbocycles. The van der Waals surface area contributed by atoms with E-state index >= 15 is 0 Å². The summed E-state index contributed by atoms with van der Waals surface area (Å²) in [7, 11) is 0. The Bertz CT molecular complexity index is 643. The van der Waals surface area contributed by atoms with Crippen LogP contribution >= 0.6 is 0 Å². The highest BCUT2D eigenvalue weighted by atomic mass is 16.7. The van der Waals surface area contributed by atoms with Gasteiger partial charge in [0, 0.05) is 31.3 Å². The molecule has 1 saturated heterocycles. The van der Waals surface area contributed by atoms with E-state index in [1.165, 1.54) is 0 Å². The second-order valence-corrected chi connectivity index (χ2v) is 5.76. The van der Waals surface area contributed by atoms with Crippen molar-refractivity contribution in [3.63, 3.8) is 0 Å². The summed E-state index contributed by atoms with van der Waals surface area (Å²) in [5.41, 5.74) is -0.280. The minimum absolute atomic E-state index is 0.125. The van der Waals surface area contributed by atoms with Crippen molar-refractivity contribution in [2.45, 2.75) is 12.0 Å². The Kier molecular flexibility index (Phi) is 5.37. The number of anilines is 1. The van der Waals surface area contributed by atoms with Gasteiger partial charge in [0.2, 0.25) is 6.79 Å². The highest BCUT2D eigenvalue weighted by Crippen LogP contribution is 2.34. The zero-order valence-corrected chi connectivity index (χ0v) is 13.6. The summed E-state index contributed by atoms with van der Waals surface area (Å²) in [5.74, 6) is -0.476. The number of aliphatic hydroxyl groups is 1. The van der Waals surface area contributed by atoms with Crippen LogP contribution < -0.4 is 20.1 Å². The van der Waals surface area contributed by atoms with Crippen molar-refractivity contribution in [1.82, 2.24) is 5.32 Å². The fourth-order valence-corrected chi connectivity index (χ4v) is 2.64. The number of hydrogen-bond donors (Lipinski definition) is 3. The Morgan fingerprint density at radius 1 is 1.24 bits per heavy atom. The normalized spacial score (nSPS) is 21.2. The van der Waals surface area contributed by atoms with Crippen LogP contribution in [0.3, 0.4) is 0 Å². The van der Waals surface area contributed by atoms with Gasteiger partial charge in [0.05, 0.1) is 19.8 Å². The summed E-state index contributed by atoms with van der Waals surface area (Å²) in [6.07, 6.45) is 0.580. The van der Waals surface area contributed by atoms with E-state index in [4.69, 9.17) is 24.1 Å². The molecule has 2 aliphatic rings. The van der Waals surface area contributed by atoms with Crippen molar-refractivity contribution in [3.8, 4) is 11.5 Å². The number of rotatable bonds is 6. The average Bonchev–Trinajstić information content (AvgIpc) is 3.27. The highest BCUT2D eigenvalue weighted by Gasteiger charge is 2.36.